The first-order chi connectivity index (χ1) is 4.61. The SMILES string of the molecule is CC1CC(C(N)=O)CN1C. The van der Waals surface area contributed by atoms with Crippen molar-refractivity contribution in [1.29, 1.82) is 0 Å². The highest BCUT2D eigenvalue weighted by Gasteiger charge is 2.29. The van der Waals surface area contributed by atoms with Gasteiger partial charge in [-0.1, -0.05) is 0 Å². The van der Waals surface area contributed by atoms with Crippen LogP contribution in [-0.4, -0.2) is 30.4 Å². The Morgan fingerprint density at radius 2 is 2.30 bits per heavy atom. The molecular formula is C7H14N2O. The molecule has 58 valence electrons. The molecule has 2 N–H and O–H groups in total. The zero-order chi connectivity index (χ0) is 7.72. The lowest BCUT2D eigenvalue weighted by atomic mass is 10.1. The van der Waals surface area contributed by atoms with Crippen LogP contribution in [0.25, 0.3) is 0 Å². The van der Waals surface area contributed by atoms with Crippen LogP contribution in [0.5, 0.6) is 0 Å². The number of primary amides is 1. The number of hydrogen-bond acceptors (Lipinski definition) is 2. The Kier molecular flexibility index (Phi) is 1.94. The van der Waals surface area contributed by atoms with E-state index >= 15 is 0 Å². The van der Waals surface area contributed by atoms with E-state index in [9.17, 15) is 4.79 Å². The quantitative estimate of drug-likeness (QED) is 0.551. The number of carbonyl (C=O) groups is 1. The van der Waals surface area contributed by atoms with E-state index in [4.69, 9.17) is 5.73 Å². The molecule has 3 nitrogen and oxygen atoms in total. The molecule has 0 saturated carbocycles. The Bertz CT molecular complexity index is 137. The van der Waals surface area contributed by atoms with Crippen molar-refractivity contribution in [3.63, 3.8) is 0 Å². The van der Waals surface area contributed by atoms with Crippen LogP contribution in [0, 0.1) is 5.92 Å². The molecule has 1 saturated heterocycles. The van der Waals surface area contributed by atoms with Crippen molar-refractivity contribution in [2.75, 3.05) is 13.6 Å². The van der Waals surface area contributed by atoms with Crippen molar-refractivity contribution in [1.82, 2.24) is 4.90 Å². The van der Waals surface area contributed by atoms with Gasteiger partial charge in [0.2, 0.25) is 5.91 Å². The van der Waals surface area contributed by atoms with Crippen LogP contribution in [0.4, 0.5) is 0 Å². The Morgan fingerprint density at radius 3 is 2.50 bits per heavy atom. The molecule has 1 heterocycles. The maximum Gasteiger partial charge on any atom is 0.221 e. The number of rotatable bonds is 1. The van der Waals surface area contributed by atoms with Gasteiger partial charge in [0.05, 0.1) is 5.92 Å². The molecule has 0 aromatic rings. The van der Waals surface area contributed by atoms with Gasteiger partial charge < -0.3 is 10.6 Å². The van der Waals surface area contributed by atoms with Crippen LogP contribution in [0.15, 0.2) is 0 Å². The number of carbonyl (C=O) groups excluding carboxylic acids is 1. The van der Waals surface area contributed by atoms with Gasteiger partial charge in [-0.2, -0.15) is 0 Å². The molecule has 0 spiro atoms. The largest absolute Gasteiger partial charge is 0.369 e. The van der Waals surface area contributed by atoms with E-state index in [0.717, 1.165) is 13.0 Å². The number of nitrogens with zero attached hydrogens (tertiary/aromatic N) is 1. The van der Waals surface area contributed by atoms with Gasteiger partial charge in [-0.3, -0.25) is 4.79 Å². The maximum atomic E-state index is 10.7. The van der Waals surface area contributed by atoms with Gasteiger partial charge in [-0.15, -0.1) is 0 Å². The van der Waals surface area contributed by atoms with Crippen molar-refractivity contribution in [2.45, 2.75) is 19.4 Å². The molecule has 0 bridgehead atoms. The molecular weight excluding hydrogens is 128 g/mol. The summed E-state index contributed by atoms with van der Waals surface area (Å²) in [4.78, 5) is 12.9. The minimum atomic E-state index is -0.156. The minimum Gasteiger partial charge on any atom is -0.369 e. The number of hydrogen-bond donors (Lipinski definition) is 1. The summed E-state index contributed by atoms with van der Waals surface area (Å²) in [5, 5.41) is 0. The molecule has 0 aromatic carbocycles. The fourth-order valence-corrected chi connectivity index (χ4v) is 1.40. The van der Waals surface area contributed by atoms with Gasteiger partial charge in [0.15, 0.2) is 0 Å². The summed E-state index contributed by atoms with van der Waals surface area (Å²) in [6.07, 6.45) is 0.922. The minimum absolute atomic E-state index is 0.0833. The van der Waals surface area contributed by atoms with E-state index in [0.29, 0.717) is 6.04 Å². The summed E-state index contributed by atoms with van der Waals surface area (Å²) in [6.45, 7) is 2.94. The van der Waals surface area contributed by atoms with Gasteiger partial charge in [0.1, 0.15) is 0 Å². The third-order valence-electron chi connectivity index (χ3n) is 2.29. The van der Waals surface area contributed by atoms with E-state index in [1.807, 2.05) is 7.05 Å². The first-order valence-corrected chi connectivity index (χ1v) is 3.61. The third-order valence-corrected chi connectivity index (χ3v) is 2.29. The Morgan fingerprint density at radius 1 is 1.70 bits per heavy atom. The summed E-state index contributed by atoms with van der Waals surface area (Å²) in [5.41, 5.74) is 5.16. The molecule has 0 radical (unpaired) electrons. The lowest BCUT2D eigenvalue weighted by molar-refractivity contribution is -0.121. The summed E-state index contributed by atoms with van der Waals surface area (Å²) in [7, 11) is 2.02. The Hall–Kier alpha value is -0.570. The van der Waals surface area contributed by atoms with Gasteiger partial charge in [0.25, 0.3) is 0 Å². The molecule has 10 heavy (non-hydrogen) atoms. The van der Waals surface area contributed by atoms with Gasteiger partial charge >= 0.3 is 0 Å². The first-order valence-electron chi connectivity index (χ1n) is 3.61. The predicted molar refractivity (Wildman–Crippen MR) is 39.4 cm³/mol. The molecule has 1 aliphatic heterocycles. The molecule has 1 aliphatic rings. The van der Waals surface area contributed by atoms with Crippen LogP contribution in [0.3, 0.4) is 0 Å². The van der Waals surface area contributed by atoms with Gasteiger partial charge in [-0.25, -0.2) is 0 Å². The predicted octanol–water partition coefficient (Wildman–Crippen LogP) is -0.188. The van der Waals surface area contributed by atoms with E-state index in [1.165, 1.54) is 0 Å². The van der Waals surface area contributed by atoms with Crippen molar-refractivity contribution in [3.05, 3.63) is 0 Å². The Balaban J connectivity index is 2.49. The average molecular weight is 142 g/mol. The second-order valence-corrected chi connectivity index (χ2v) is 3.12. The molecule has 1 fully saturated rings. The van der Waals surface area contributed by atoms with E-state index < -0.39 is 0 Å². The van der Waals surface area contributed by atoms with Crippen molar-refractivity contribution in [2.24, 2.45) is 11.7 Å². The normalized spacial score (nSPS) is 34.6. The zero-order valence-corrected chi connectivity index (χ0v) is 6.50. The van der Waals surface area contributed by atoms with E-state index in [2.05, 4.69) is 11.8 Å². The zero-order valence-electron chi connectivity index (χ0n) is 6.50. The highest BCUT2D eigenvalue weighted by atomic mass is 16.1. The number of nitrogens with two attached hydrogens (primary N) is 1. The van der Waals surface area contributed by atoms with Crippen LogP contribution in [0.2, 0.25) is 0 Å². The van der Waals surface area contributed by atoms with Crippen molar-refractivity contribution in [3.8, 4) is 0 Å². The van der Waals surface area contributed by atoms with Gasteiger partial charge in [0, 0.05) is 12.6 Å². The monoisotopic (exact) mass is 142 g/mol. The summed E-state index contributed by atoms with van der Waals surface area (Å²) in [6, 6.07) is 0.512. The molecule has 1 amide bonds. The fraction of sp³-hybridized carbons (Fsp3) is 0.857. The molecule has 0 aliphatic carbocycles. The molecule has 2 atom stereocenters. The van der Waals surface area contributed by atoms with Crippen LogP contribution in [0.1, 0.15) is 13.3 Å². The first kappa shape index (κ1) is 7.54. The standard InChI is InChI=1S/C7H14N2O/c1-5-3-6(7(8)10)4-9(5)2/h5-6H,3-4H2,1-2H3,(H2,8,10). The second-order valence-electron chi connectivity index (χ2n) is 3.12. The van der Waals surface area contributed by atoms with Gasteiger partial charge in [-0.05, 0) is 20.4 Å². The maximum absolute atomic E-state index is 10.7. The lowest BCUT2D eigenvalue weighted by Gasteiger charge is -2.12. The summed E-state index contributed by atoms with van der Waals surface area (Å²) >= 11 is 0. The van der Waals surface area contributed by atoms with Crippen molar-refractivity contribution < 1.29 is 4.79 Å². The molecule has 1 rings (SSSR count). The highest BCUT2D eigenvalue weighted by molar-refractivity contribution is 5.77. The number of likely N-dealkylation sites (tertiary alicyclic amines) is 1. The Labute approximate surface area is 61.2 Å². The molecule has 3 heteroatoms. The fourth-order valence-electron chi connectivity index (χ4n) is 1.40. The molecule has 0 aromatic heterocycles. The topological polar surface area (TPSA) is 46.3 Å². The van der Waals surface area contributed by atoms with E-state index in [1.54, 1.807) is 0 Å². The van der Waals surface area contributed by atoms with Crippen LogP contribution < -0.4 is 5.73 Å². The van der Waals surface area contributed by atoms with Crippen LogP contribution in [-0.2, 0) is 4.79 Å². The summed E-state index contributed by atoms with van der Waals surface area (Å²) in [5.74, 6) is -0.0730. The smallest absolute Gasteiger partial charge is 0.221 e. The second kappa shape index (κ2) is 2.58. The lowest BCUT2D eigenvalue weighted by Crippen LogP contribution is -2.26. The third kappa shape index (κ3) is 1.29. The van der Waals surface area contributed by atoms with E-state index in [-0.39, 0.29) is 11.8 Å². The highest BCUT2D eigenvalue weighted by Crippen LogP contribution is 2.19. The molecule has 2 unspecified atom stereocenters. The average Bonchev–Trinajstić information content (AvgIpc) is 2.13. The van der Waals surface area contributed by atoms with Crippen molar-refractivity contribution >= 4 is 5.91 Å². The van der Waals surface area contributed by atoms with Crippen LogP contribution >= 0.6 is 0 Å². The summed E-state index contributed by atoms with van der Waals surface area (Å²) < 4.78 is 0. The number of amides is 1.